The van der Waals surface area contributed by atoms with Crippen LogP contribution < -0.4 is 5.32 Å². The SMILES string of the molecule is Cc1c(C(=O)NCCN2CCOCC2)cc(-c2cc(C(C)(C)C)cc(C(C)(C)C)c2)n1CC1CCCCC1. The average molecular weight is 522 g/mol. The van der Waals surface area contributed by atoms with E-state index in [-0.39, 0.29) is 16.7 Å². The van der Waals surface area contributed by atoms with Crippen LogP contribution >= 0.6 is 0 Å². The van der Waals surface area contributed by atoms with E-state index in [0.29, 0.717) is 12.5 Å². The van der Waals surface area contributed by atoms with E-state index < -0.39 is 0 Å². The van der Waals surface area contributed by atoms with Crippen molar-refractivity contribution in [2.45, 2.75) is 97.9 Å². The third kappa shape index (κ3) is 7.09. The van der Waals surface area contributed by atoms with Gasteiger partial charge in [-0.15, -0.1) is 0 Å². The number of aromatic nitrogens is 1. The number of amides is 1. The average Bonchev–Trinajstić information content (AvgIpc) is 3.20. The molecule has 2 aromatic rings. The summed E-state index contributed by atoms with van der Waals surface area (Å²) in [5, 5.41) is 3.22. The third-order valence-corrected chi connectivity index (χ3v) is 8.55. The Hall–Kier alpha value is -2.11. The highest BCUT2D eigenvalue weighted by atomic mass is 16.5. The van der Waals surface area contributed by atoms with Crippen molar-refractivity contribution in [3.63, 3.8) is 0 Å². The van der Waals surface area contributed by atoms with Crippen LogP contribution in [-0.4, -0.2) is 54.8 Å². The minimum Gasteiger partial charge on any atom is -0.379 e. The van der Waals surface area contributed by atoms with E-state index >= 15 is 0 Å². The molecular weight excluding hydrogens is 470 g/mol. The maximum Gasteiger partial charge on any atom is 0.253 e. The molecule has 1 aliphatic carbocycles. The van der Waals surface area contributed by atoms with Crippen LogP contribution in [0.5, 0.6) is 0 Å². The molecule has 0 atom stereocenters. The Morgan fingerprint density at radius 2 is 1.53 bits per heavy atom. The zero-order valence-corrected chi connectivity index (χ0v) is 25.1. The molecule has 1 saturated heterocycles. The van der Waals surface area contributed by atoms with Crippen molar-refractivity contribution in [2.24, 2.45) is 5.92 Å². The Morgan fingerprint density at radius 1 is 0.921 bits per heavy atom. The van der Waals surface area contributed by atoms with Crippen molar-refractivity contribution < 1.29 is 9.53 Å². The van der Waals surface area contributed by atoms with E-state index in [2.05, 4.69) is 87.5 Å². The van der Waals surface area contributed by atoms with Gasteiger partial charge in [0.25, 0.3) is 5.91 Å². The Bertz CT molecular complexity index is 1060. The number of nitrogens with zero attached hydrogens (tertiary/aromatic N) is 2. The van der Waals surface area contributed by atoms with E-state index in [4.69, 9.17) is 4.74 Å². The van der Waals surface area contributed by atoms with Crippen LogP contribution in [0.15, 0.2) is 24.3 Å². The van der Waals surface area contributed by atoms with Crippen molar-refractivity contribution in [3.05, 3.63) is 46.6 Å². The Morgan fingerprint density at radius 3 is 2.11 bits per heavy atom. The maximum atomic E-state index is 13.5. The lowest BCUT2D eigenvalue weighted by Gasteiger charge is -2.27. The molecule has 5 nitrogen and oxygen atoms in total. The van der Waals surface area contributed by atoms with E-state index in [9.17, 15) is 4.79 Å². The van der Waals surface area contributed by atoms with E-state index in [1.807, 2.05) is 0 Å². The first-order chi connectivity index (χ1) is 17.9. The summed E-state index contributed by atoms with van der Waals surface area (Å²) in [6, 6.07) is 9.27. The molecule has 1 saturated carbocycles. The van der Waals surface area contributed by atoms with Crippen LogP contribution in [-0.2, 0) is 22.1 Å². The number of hydrogen-bond donors (Lipinski definition) is 1. The van der Waals surface area contributed by atoms with E-state index in [0.717, 1.165) is 50.7 Å². The van der Waals surface area contributed by atoms with Gasteiger partial charge < -0.3 is 14.6 Å². The quantitative estimate of drug-likeness (QED) is 0.441. The molecule has 2 fully saturated rings. The monoisotopic (exact) mass is 521 g/mol. The fourth-order valence-electron chi connectivity index (χ4n) is 5.87. The summed E-state index contributed by atoms with van der Waals surface area (Å²) in [7, 11) is 0. The number of ether oxygens (including phenoxy) is 1. The van der Waals surface area contributed by atoms with Crippen molar-refractivity contribution in [2.75, 3.05) is 39.4 Å². The Kier molecular flexibility index (Phi) is 9.09. The van der Waals surface area contributed by atoms with Gasteiger partial charge in [-0.25, -0.2) is 0 Å². The summed E-state index contributed by atoms with van der Waals surface area (Å²) in [5.41, 5.74) is 7.11. The van der Waals surface area contributed by atoms with Gasteiger partial charge in [0.1, 0.15) is 0 Å². The summed E-state index contributed by atoms with van der Waals surface area (Å²) >= 11 is 0. The van der Waals surface area contributed by atoms with Crippen LogP contribution in [0, 0.1) is 12.8 Å². The molecular formula is C33H51N3O2. The molecule has 1 amide bonds. The highest BCUT2D eigenvalue weighted by molar-refractivity contribution is 5.97. The molecule has 0 spiro atoms. The number of benzene rings is 1. The van der Waals surface area contributed by atoms with Crippen LogP contribution in [0.25, 0.3) is 11.3 Å². The first-order valence-corrected chi connectivity index (χ1v) is 14.9. The van der Waals surface area contributed by atoms with Gasteiger partial charge in [0.15, 0.2) is 0 Å². The lowest BCUT2D eigenvalue weighted by atomic mass is 9.79. The van der Waals surface area contributed by atoms with Gasteiger partial charge in [-0.3, -0.25) is 9.69 Å². The number of nitrogens with one attached hydrogen (secondary N) is 1. The normalized spacial score (nSPS) is 18.1. The molecule has 1 N–H and O–H groups in total. The first-order valence-electron chi connectivity index (χ1n) is 14.9. The fraction of sp³-hybridized carbons (Fsp3) is 0.667. The van der Waals surface area contributed by atoms with Crippen molar-refractivity contribution in [1.29, 1.82) is 0 Å². The smallest absolute Gasteiger partial charge is 0.253 e. The second kappa shape index (κ2) is 12.0. The highest BCUT2D eigenvalue weighted by Gasteiger charge is 2.25. The molecule has 4 rings (SSSR count). The summed E-state index contributed by atoms with van der Waals surface area (Å²) in [6.07, 6.45) is 6.57. The van der Waals surface area contributed by atoms with Crippen LogP contribution in [0.3, 0.4) is 0 Å². The van der Waals surface area contributed by atoms with Crippen molar-refractivity contribution in [1.82, 2.24) is 14.8 Å². The standard InChI is InChI=1S/C33H51N3O2/c1-24-29(31(37)34-13-14-35-15-17-38-18-16-35)22-30(36(24)23-25-11-9-8-10-12-25)26-19-27(32(2,3)4)21-28(20-26)33(5,6)7/h19-22,25H,8-18,23H2,1-7H3,(H,34,37). The molecule has 1 aromatic carbocycles. The predicted octanol–water partition coefficient (Wildman–Crippen LogP) is 6.70. The fourth-order valence-corrected chi connectivity index (χ4v) is 5.87. The molecule has 0 bridgehead atoms. The van der Waals surface area contributed by atoms with E-state index in [1.54, 1.807) is 0 Å². The van der Waals surface area contributed by atoms with Gasteiger partial charge in [0.2, 0.25) is 0 Å². The number of morpholine rings is 1. The summed E-state index contributed by atoms with van der Waals surface area (Å²) in [4.78, 5) is 15.8. The number of rotatable bonds is 7. The third-order valence-electron chi connectivity index (χ3n) is 8.55. The first kappa shape index (κ1) is 28.9. The molecule has 210 valence electrons. The molecule has 0 unspecified atom stereocenters. The minimum atomic E-state index is 0.0439. The predicted molar refractivity (Wildman–Crippen MR) is 158 cm³/mol. The number of carbonyl (C=O) groups is 1. The second-order valence-corrected chi connectivity index (χ2v) is 13.7. The summed E-state index contributed by atoms with van der Waals surface area (Å²) < 4.78 is 7.92. The molecule has 1 aliphatic heterocycles. The van der Waals surface area contributed by atoms with Crippen LogP contribution in [0.1, 0.15) is 101 Å². The molecule has 2 heterocycles. The summed E-state index contributed by atoms with van der Waals surface area (Å²) in [6.45, 7) is 21.8. The van der Waals surface area contributed by atoms with Crippen LogP contribution in [0.2, 0.25) is 0 Å². The van der Waals surface area contributed by atoms with E-state index in [1.165, 1.54) is 54.5 Å². The molecule has 38 heavy (non-hydrogen) atoms. The summed E-state index contributed by atoms with van der Waals surface area (Å²) in [5.74, 6) is 0.723. The van der Waals surface area contributed by atoms with Gasteiger partial charge in [-0.05, 0) is 71.4 Å². The van der Waals surface area contributed by atoms with Gasteiger partial charge in [0.05, 0.1) is 18.8 Å². The topological polar surface area (TPSA) is 46.5 Å². The van der Waals surface area contributed by atoms with Gasteiger partial charge in [-0.2, -0.15) is 0 Å². The number of hydrogen-bond acceptors (Lipinski definition) is 3. The van der Waals surface area contributed by atoms with Gasteiger partial charge >= 0.3 is 0 Å². The lowest BCUT2D eigenvalue weighted by molar-refractivity contribution is 0.0383. The zero-order chi connectivity index (χ0) is 27.5. The molecule has 0 radical (unpaired) electrons. The second-order valence-electron chi connectivity index (χ2n) is 13.7. The molecule has 2 aliphatic rings. The minimum absolute atomic E-state index is 0.0439. The molecule has 5 heteroatoms. The number of carbonyl (C=O) groups excluding carboxylic acids is 1. The molecule has 1 aromatic heterocycles. The zero-order valence-electron chi connectivity index (χ0n) is 25.1. The van der Waals surface area contributed by atoms with Crippen LogP contribution in [0.4, 0.5) is 0 Å². The van der Waals surface area contributed by atoms with Gasteiger partial charge in [-0.1, -0.05) is 66.9 Å². The maximum absolute atomic E-state index is 13.5. The Labute approximate surface area is 231 Å². The van der Waals surface area contributed by atoms with Crippen molar-refractivity contribution >= 4 is 5.91 Å². The van der Waals surface area contributed by atoms with Crippen molar-refractivity contribution in [3.8, 4) is 11.3 Å². The highest BCUT2D eigenvalue weighted by Crippen LogP contribution is 2.36. The lowest BCUT2D eigenvalue weighted by Crippen LogP contribution is -2.41. The largest absolute Gasteiger partial charge is 0.379 e. The van der Waals surface area contributed by atoms with Gasteiger partial charge in [0, 0.05) is 44.1 Å². The Balaban J connectivity index is 1.68.